The lowest BCUT2D eigenvalue weighted by molar-refractivity contribution is 0.0372. The maximum atomic E-state index is 11.5. The lowest BCUT2D eigenvalue weighted by Gasteiger charge is -2.26. The molecule has 0 radical (unpaired) electrons. The van der Waals surface area contributed by atoms with Crippen molar-refractivity contribution in [3.63, 3.8) is 0 Å². The molecule has 1 amide bonds. The SMILES string of the molecule is O=C(NCCCCN1CCOCC1)OCc1ccccc1. The Labute approximate surface area is 126 Å². The average molecular weight is 292 g/mol. The number of benzene rings is 1. The number of nitrogens with zero attached hydrogens (tertiary/aromatic N) is 1. The summed E-state index contributed by atoms with van der Waals surface area (Å²) in [5.74, 6) is 0. The molecule has 1 N–H and O–H groups in total. The van der Waals surface area contributed by atoms with E-state index in [1.54, 1.807) is 0 Å². The van der Waals surface area contributed by atoms with Gasteiger partial charge in [-0.1, -0.05) is 30.3 Å². The summed E-state index contributed by atoms with van der Waals surface area (Å²) in [6, 6.07) is 9.69. The molecule has 1 heterocycles. The first-order valence-corrected chi connectivity index (χ1v) is 7.59. The number of rotatable bonds is 7. The standard InChI is InChI=1S/C16H24N2O3/c19-16(21-14-15-6-2-1-3-7-15)17-8-4-5-9-18-10-12-20-13-11-18/h1-3,6-7H,4-5,8-14H2,(H,17,19). The topological polar surface area (TPSA) is 50.8 Å². The monoisotopic (exact) mass is 292 g/mol. The highest BCUT2D eigenvalue weighted by atomic mass is 16.5. The molecule has 1 aliphatic rings. The molecule has 0 bridgehead atoms. The van der Waals surface area contributed by atoms with Crippen LogP contribution in [-0.2, 0) is 16.1 Å². The van der Waals surface area contributed by atoms with Crippen LogP contribution in [0.2, 0.25) is 0 Å². The number of unbranched alkanes of at least 4 members (excludes halogenated alkanes) is 1. The molecule has 116 valence electrons. The van der Waals surface area contributed by atoms with E-state index in [4.69, 9.17) is 9.47 Å². The van der Waals surface area contributed by atoms with E-state index in [0.29, 0.717) is 13.2 Å². The number of nitrogens with one attached hydrogen (secondary N) is 1. The maximum Gasteiger partial charge on any atom is 0.407 e. The molecule has 2 rings (SSSR count). The van der Waals surface area contributed by atoms with Crippen LogP contribution in [-0.4, -0.2) is 50.4 Å². The Morgan fingerprint density at radius 2 is 1.95 bits per heavy atom. The van der Waals surface area contributed by atoms with Gasteiger partial charge in [-0.15, -0.1) is 0 Å². The second-order valence-corrected chi connectivity index (χ2v) is 5.15. The highest BCUT2D eigenvalue weighted by Crippen LogP contribution is 2.01. The molecular weight excluding hydrogens is 268 g/mol. The van der Waals surface area contributed by atoms with Crippen LogP contribution in [0.4, 0.5) is 4.79 Å². The molecule has 0 atom stereocenters. The van der Waals surface area contributed by atoms with E-state index >= 15 is 0 Å². The number of hydrogen-bond acceptors (Lipinski definition) is 4. The van der Waals surface area contributed by atoms with Crippen LogP contribution < -0.4 is 5.32 Å². The fraction of sp³-hybridized carbons (Fsp3) is 0.562. The minimum Gasteiger partial charge on any atom is -0.445 e. The van der Waals surface area contributed by atoms with Crippen LogP contribution in [0.1, 0.15) is 18.4 Å². The van der Waals surface area contributed by atoms with Gasteiger partial charge in [0, 0.05) is 19.6 Å². The van der Waals surface area contributed by atoms with Crippen LogP contribution in [0.25, 0.3) is 0 Å². The van der Waals surface area contributed by atoms with Crippen molar-refractivity contribution >= 4 is 6.09 Å². The van der Waals surface area contributed by atoms with E-state index < -0.39 is 0 Å². The van der Waals surface area contributed by atoms with Crippen molar-refractivity contribution in [1.82, 2.24) is 10.2 Å². The molecule has 0 unspecified atom stereocenters. The minimum atomic E-state index is -0.342. The molecule has 1 aromatic rings. The molecule has 5 nitrogen and oxygen atoms in total. The molecule has 0 saturated carbocycles. The summed E-state index contributed by atoms with van der Waals surface area (Å²) in [4.78, 5) is 13.9. The van der Waals surface area contributed by atoms with Gasteiger partial charge >= 0.3 is 6.09 Å². The van der Waals surface area contributed by atoms with Crippen molar-refractivity contribution in [3.05, 3.63) is 35.9 Å². The van der Waals surface area contributed by atoms with Crippen molar-refractivity contribution in [3.8, 4) is 0 Å². The van der Waals surface area contributed by atoms with Gasteiger partial charge < -0.3 is 14.8 Å². The van der Waals surface area contributed by atoms with Crippen molar-refractivity contribution in [2.75, 3.05) is 39.4 Å². The van der Waals surface area contributed by atoms with E-state index in [-0.39, 0.29) is 6.09 Å². The summed E-state index contributed by atoms with van der Waals surface area (Å²) >= 11 is 0. The van der Waals surface area contributed by atoms with Crippen LogP contribution in [0.3, 0.4) is 0 Å². The highest BCUT2D eigenvalue weighted by Gasteiger charge is 2.09. The summed E-state index contributed by atoms with van der Waals surface area (Å²) in [6.45, 7) is 5.77. The zero-order valence-corrected chi connectivity index (χ0v) is 12.4. The number of carbonyl (C=O) groups excluding carboxylic acids is 1. The highest BCUT2D eigenvalue weighted by molar-refractivity contribution is 5.67. The summed E-state index contributed by atoms with van der Waals surface area (Å²) < 4.78 is 10.5. The third kappa shape index (κ3) is 6.60. The number of amides is 1. The van der Waals surface area contributed by atoms with Crippen LogP contribution in [0.5, 0.6) is 0 Å². The fourth-order valence-electron chi connectivity index (χ4n) is 2.25. The first-order valence-electron chi connectivity index (χ1n) is 7.59. The predicted octanol–water partition coefficient (Wildman–Crippen LogP) is 2.03. The lowest BCUT2D eigenvalue weighted by Crippen LogP contribution is -2.37. The Hall–Kier alpha value is -1.59. The van der Waals surface area contributed by atoms with Crippen LogP contribution in [0.15, 0.2) is 30.3 Å². The summed E-state index contributed by atoms with van der Waals surface area (Å²) in [5.41, 5.74) is 1.000. The number of ether oxygens (including phenoxy) is 2. The van der Waals surface area contributed by atoms with Crippen LogP contribution >= 0.6 is 0 Å². The Morgan fingerprint density at radius 1 is 1.19 bits per heavy atom. The third-order valence-corrected chi connectivity index (χ3v) is 3.49. The quantitative estimate of drug-likeness (QED) is 0.781. The molecule has 1 aromatic carbocycles. The number of carbonyl (C=O) groups is 1. The second kappa shape index (κ2) is 9.37. The Bertz CT molecular complexity index is 405. The first-order chi connectivity index (χ1) is 10.3. The molecule has 5 heteroatoms. The summed E-state index contributed by atoms with van der Waals surface area (Å²) in [6.07, 6.45) is 1.71. The van der Waals surface area contributed by atoms with E-state index in [2.05, 4.69) is 10.2 Å². The van der Waals surface area contributed by atoms with E-state index in [1.165, 1.54) is 0 Å². The van der Waals surface area contributed by atoms with Gasteiger partial charge in [-0.3, -0.25) is 4.90 Å². The second-order valence-electron chi connectivity index (χ2n) is 5.15. The Kier molecular flexibility index (Phi) is 7.04. The number of hydrogen-bond donors (Lipinski definition) is 1. The average Bonchev–Trinajstić information content (AvgIpc) is 2.54. The van der Waals surface area contributed by atoms with Gasteiger partial charge in [0.1, 0.15) is 6.61 Å². The minimum absolute atomic E-state index is 0.320. The Balaban J connectivity index is 1.47. The maximum absolute atomic E-state index is 11.5. The molecule has 0 spiro atoms. The van der Waals surface area contributed by atoms with E-state index in [0.717, 1.165) is 51.3 Å². The fourth-order valence-corrected chi connectivity index (χ4v) is 2.25. The summed E-state index contributed by atoms with van der Waals surface area (Å²) in [5, 5.41) is 2.79. The van der Waals surface area contributed by atoms with Gasteiger partial charge in [-0.2, -0.15) is 0 Å². The molecule has 1 aliphatic heterocycles. The van der Waals surface area contributed by atoms with Crippen molar-refractivity contribution < 1.29 is 14.3 Å². The molecule has 21 heavy (non-hydrogen) atoms. The smallest absolute Gasteiger partial charge is 0.407 e. The summed E-state index contributed by atoms with van der Waals surface area (Å²) in [7, 11) is 0. The van der Waals surface area contributed by atoms with Gasteiger partial charge in [0.25, 0.3) is 0 Å². The lowest BCUT2D eigenvalue weighted by atomic mass is 10.2. The first kappa shape index (κ1) is 15.8. The van der Waals surface area contributed by atoms with Gasteiger partial charge in [0.05, 0.1) is 13.2 Å². The third-order valence-electron chi connectivity index (χ3n) is 3.49. The van der Waals surface area contributed by atoms with Crippen molar-refractivity contribution in [2.45, 2.75) is 19.4 Å². The van der Waals surface area contributed by atoms with Crippen molar-refractivity contribution in [1.29, 1.82) is 0 Å². The van der Waals surface area contributed by atoms with E-state index in [9.17, 15) is 4.79 Å². The zero-order chi connectivity index (χ0) is 14.8. The number of alkyl carbamates (subject to hydrolysis) is 1. The largest absolute Gasteiger partial charge is 0.445 e. The van der Waals surface area contributed by atoms with Gasteiger partial charge in [-0.05, 0) is 24.9 Å². The van der Waals surface area contributed by atoms with Crippen LogP contribution in [0, 0.1) is 0 Å². The van der Waals surface area contributed by atoms with E-state index in [1.807, 2.05) is 30.3 Å². The van der Waals surface area contributed by atoms with Gasteiger partial charge in [0.15, 0.2) is 0 Å². The molecule has 1 fully saturated rings. The molecule has 0 aliphatic carbocycles. The number of morpholine rings is 1. The molecule has 1 saturated heterocycles. The molecule has 0 aromatic heterocycles. The predicted molar refractivity (Wildman–Crippen MR) is 81.1 cm³/mol. The molecular formula is C16H24N2O3. The van der Waals surface area contributed by atoms with Gasteiger partial charge in [-0.25, -0.2) is 4.79 Å². The van der Waals surface area contributed by atoms with Crippen molar-refractivity contribution in [2.24, 2.45) is 0 Å². The normalized spacial score (nSPS) is 15.6. The Morgan fingerprint density at radius 3 is 2.71 bits per heavy atom. The van der Waals surface area contributed by atoms with Gasteiger partial charge in [0.2, 0.25) is 0 Å². The zero-order valence-electron chi connectivity index (χ0n) is 12.4.